The molecule has 0 radical (unpaired) electrons. The van der Waals surface area contributed by atoms with Gasteiger partial charge in [-0.25, -0.2) is 0 Å². The van der Waals surface area contributed by atoms with Crippen molar-refractivity contribution >= 4 is 11.6 Å². The first kappa shape index (κ1) is 17.4. The van der Waals surface area contributed by atoms with Crippen LogP contribution in [0.15, 0.2) is 48.7 Å². The molecule has 1 amide bonds. The minimum atomic E-state index is -0.249. The fraction of sp³-hybridized carbons (Fsp3) is 0.435. The van der Waals surface area contributed by atoms with Gasteiger partial charge in [0.05, 0.1) is 29.7 Å². The van der Waals surface area contributed by atoms with Gasteiger partial charge in [0.15, 0.2) is 0 Å². The molecule has 0 unspecified atom stereocenters. The molecule has 2 aliphatic heterocycles. The zero-order chi connectivity index (χ0) is 19.1. The number of nitrogens with one attached hydrogen (secondary N) is 1. The summed E-state index contributed by atoms with van der Waals surface area (Å²) in [5, 5.41) is 3.81. The maximum absolute atomic E-state index is 13.2. The van der Waals surface area contributed by atoms with Gasteiger partial charge in [-0.3, -0.25) is 4.79 Å². The lowest BCUT2D eigenvalue weighted by atomic mass is 9.82. The van der Waals surface area contributed by atoms with E-state index in [0.717, 1.165) is 55.8 Å². The molecule has 1 spiro atoms. The maximum Gasteiger partial charge on any atom is 0.226 e. The predicted molar refractivity (Wildman–Crippen MR) is 110 cm³/mol. The maximum atomic E-state index is 13.2. The van der Waals surface area contributed by atoms with Crippen molar-refractivity contribution in [1.82, 2.24) is 9.47 Å². The number of nitrogens with zero attached hydrogens (tertiary/aromatic N) is 2. The van der Waals surface area contributed by atoms with Crippen LogP contribution in [0.4, 0.5) is 5.69 Å². The van der Waals surface area contributed by atoms with Crippen molar-refractivity contribution in [3.63, 3.8) is 0 Å². The van der Waals surface area contributed by atoms with Gasteiger partial charge in [-0.05, 0) is 56.4 Å². The quantitative estimate of drug-likeness (QED) is 0.802. The third kappa shape index (κ3) is 2.72. The first-order chi connectivity index (χ1) is 13.7. The van der Waals surface area contributed by atoms with Crippen LogP contribution in [-0.2, 0) is 10.3 Å². The highest BCUT2D eigenvalue weighted by atomic mass is 16.5. The van der Waals surface area contributed by atoms with Crippen LogP contribution in [0.1, 0.15) is 37.8 Å². The first-order valence-corrected chi connectivity index (χ1v) is 10.3. The number of hydrogen-bond donors (Lipinski definition) is 1. The summed E-state index contributed by atoms with van der Waals surface area (Å²) in [7, 11) is 1.70. The van der Waals surface area contributed by atoms with E-state index in [4.69, 9.17) is 4.74 Å². The van der Waals surface area contributed by atoms with Crippen LogP contribution < -0.4 is 10.1 Å². The van der Waals surface area contributed by atoms with Crippen LogP contribution in [0.25, 0.3) is 5.69 Å². The Morgan fingerprint density at radius 3 is 3.04 bits per heavy atom. The van der Waals surface area contributed by atoms with E-state index in [1.54, 1.807) is 7.11 Å². The van der Waals surface area contributed by atoms with E-state index < -0.39 is 0 Å². The molecule has 1 aromatic carbocycles. The second-order valence-electron chi connectivity index (χ2n) is 8.20. The molecule has 1 aliphatic carbocycles. The Hall–Kier alpha value is -2.69. The predicted octanol–water partition coefficient (Wildman–Crippen LogP) is 4.09. The summed E-state index contributed by atoms with van der Waals surface area (Å²) in [5.74, 6) is 1.30. The Labute approximate surface area is 166 Å². The minimum Gasteiger partial charge on any atom is -0.497 e. The van der Waals surface area contributed by atoms with Gasteiger partial charge >= 0.3 is 0 Å². The molecule has 1 aromatic heterocycles. The molecule has 1 N–H and O–H groups in total. The summed E-state index contributed by atoms with van der Waals surface area (Å²) in [4.78, 5) is 15.3. The lowest BCUT2D eigenvalue weighted by Crippen LogP contribution is -2.55. The molecule has 5 heteroatoms. The minimum absolute atomic E-state index is 0.142. The molecular weight excluding hydrogens is 350 g/mol. The standard InChI is InChI=1S/C23H27N3O2/c1-28-18-10-11-20-19(15-18)24-23(21-9-5-14-26(20)21)12-6-13-25(16-23)22(27)17-7-3-2-4-8-17/h2-3,5,9-11,14-15,17,24H,4,6-8,12-13,16H2,1H3/t17-,23+/m0/s1. The SMILES string of the molecule is COc1ccc2c(c1)N[C@@]1(CCCN(C(=O)[C@H]3CC=CCC3)C1)c1cccn1-2. The van der Waals surface area contributed by atoms with Gasteiger partial charge < -0.3 is 19.5 Å². The topological polar surface area (TPSA) is 46.5 Å². The summed E-state index contributed by atoms with van der Waals surface area (Å²) in [6.07, 6.45) is 11.4. The van der Waals surface area contributed by atoms with Crippen LogP contribution in [0.2, 0.25) is 0 Å². The first-order valence-electron chi connectivity index (χ1n) is 10.3. The van der Waals surface area contributed by atoms with Crippen molar-refractivity contribution in [2.45, 2.75) is 37.6 Å². The fourth-order valence-corrected chi connectivity index (χ4v) is 5.09. The molecule has 146 valence electrons. The van der Waals surface area contributed by atoms with Gasteiger partial charge in [0.1, 0.15) is 5.75 Å². The number of piperidine rings is 1. The summed E-state index contributed by atoms with van der Waals surface area (Å²) in [6, 6.07) is 10.4. The van der Waals surface area contributed by atoms with E-state index in [9.17, 15) is 4.79 Å². The molecule has 1 fully saturated rings. The highest BCUT2D eigenvalue weighted by Gasteiger charge is 2.44. The second kappa shape index (κ2) is 6.73. The number of fused-ring (bicyclic) bond motifs is 4. The molecule has 5 rings (SSSR count). The number of carbonyl (C=O) groups is 1. The molecule has 1 saturated heterocycles. The number of likely N-dealkylation sites (tertiary alicyclic amines) is 1. The number of aromatic nitrogens is 1. The average molecular weight is 377 g/mol. The molecule has 2 aromatic rings. The Morgan fingerprint density at radius 2 is 2.21 bits per heavy atom. The van der Waals surface area contributed by atoms with Crippen molar-refractivity contribution in [2.24, 2.45) is 5.92 Å². The molecule has 0 saturated carbocycles. The third-order valence-corrected chi connectivity index (χ3v) is 6.50. The molecule has 5 nitrogen and oxygen atoms in total. The van der Waals surface area contributed by atoms with Gasteiger partial charge in [-0.2, -0.15) is 0 Å². The van der Waals surface area contributed by atoms with E-state index in [0.29, 0.717) is 12.5 Å². The third-order valence-electron chi connectivity index (χ3n) is 6.50. The van der Waals surface area contributed by atoms with Crippen molar-refractivity contribution < 1.29 is 9.53 Å². The van der Waals surface area contributed by atoms with Crippen LogP contribution in [0.3, 0.4) is 0 Å². The Bertz CT molecular complexity index is 932. The normalized spacial score (nSPS) is 25.8. The number of anilines is 1. The highest BCUT2D eigenvalue weighted by molar-refractivity contribution is 5.80. The zero-order valence-electron chi connectivity index (χ0n) is 16.4. The monoisotopic (exact) mass is 377 g/mol. The van der Waals surface area contributed by atoms with Crippen molar-refractivity contribution in [3.05, 3.63) is 54.4 Å². The summed E-state index contributed by atoms with van der Waals surface area (Å²) >= 11 is 0. The molecular formula is C23H27N3O2. The van der Waals surface area contributed by atoms with Gasteiger partial charge in [0, 0.05) is 31.3 Å². The summed E-state index contributed by atoms with van der Waals surface area (Å²) < 4.78 is 7.71. The van der Waals surface area contributed by atoms with Crippen LogP contribution >= 0.6 is 0 Å². The smallest absolute Gasteiger partial charge is 0.226 e. The summed E-state index contributed by atoms with van der Waals surface area (Å²) in [5.41, 5.74) is 3.19. The number of rotatable bonds is 2. The van der Waals surface area contributed by atoms with E-state index in [1.807, 2.05) is 6.07 Å². The van der Waals surface area contributed by atoms with Crippen molar-refractivity contribution in [1.29, 1.82) is 0 Å². The lowest BCUT2D eigenvalue weighted by molar-refractivity contribution is -0.137. The van der Waals surface area contributed by atoms with Gasteiger partial charge in [0.25, 0.3) is 0 Å². The summed E-state index contributed by atoms with van der Waals surface area (Å²) in [6.45, 7) is 1.57. The lowest BCUT2D eigenvalue weighted by Gasteiger charge is -2.47. The Kier molecular flexibility index (Phi) is 4.18. The Balaban J connectivity index is 1.49. The van der Waals surface area contributed by atoms with E-state index in [-0.39, 0.29) is 11.5 Å². The number of carbonyl (C=O) groups excluding carboxylic acids is 1. The van der Waals surface area contributed by atoms with Gasteiger partial charge in [-0.15, -0.1) is 0 Å². The second-order valence-corrected chi connectivity index (χ2v) is 8.20. The van der Waals surface area contributed by atoms with Crippen LogP contribution in [-0.4, -0.2) is 35.6 Å². The number of amides is 1. The fourth-order valence-electron chi connectivity index (χ4n) is 5.09. The molecule has 3 heterocycles. The van der Waals surface area contributed by atoms with Crippen molar-refractivity contribution in [3.8, 4) is 11.4 Å². The molecule has 28 heavy (non-hydrogen) atoms. The number of benzene rings is 1. The van der Waals surface area contributed by atoms with Gasteiger partial charge in [0.2, 0.25) is 5.91 Å². The number of methoxy groups -OCH3 is 1. The molecule has 3 aliphatic rings. The van der Waals surface area contributed by atoms with Crippen molar-refractivity contribution in [2.75, 3.05) is 25.5 Å². The average Bonchev–Trinajstić information content (AvgIpc) is 3.25. The largest absolute Gasteiger partial charge is 0.497 e. The van der Waals surface area contributed by atoms with E-state index in [1.165, 1.54) is 5.69 Å². The Morgan fingerprint density at radius 1 is 1.29 bits per heavy atom. The highest BCUT2D eigenvalue weighted by Crippen LogP contribution is 2.43. The molecule has 0 bridgehead atoms. The van der Waals surface area contributed by atoms with Crippen LogP contribution in [0.5, 0.6) is 5.75 Å². The van der Waals surface area contributed by atoms with Crippen LogP contribution in [0, 0.1) is 5.92 Å². The molecule has 2 atom stereocenters. The zero-order valence-corrected chi connectivity index (χ0v) is 16.4. The number of hydrogen-bond acceptors (Lipinski definition) is 3. The van der Waals surface area contributed by atoms with Gasteiger partial charge in [-0.1, -0.05) is 12.2 Å². The van der Waals surface area contributed by atoms with E-state index in [2.05, 4.69) is 57.4 Å². The van der Waals surface area contributed by atoms with E-state index >= 15 is 0 Å². The number of allylic oxidation sites excluding steroid dienone is 2. The number of ether oxygens (including phenoxy) is 1.